The lowest BCUT2D eigenvalue weighted by atomic mass is 10.0. The number of hydrogen-bond donors (Lipinski definition) is 9. The molecule has 38 heavy (non-hydrogen) atoms. The maximum atomic E-state index is 13.1. The van der Waals surface area contributed by atoms with Crippen molar-refractivity contribution in [2.24, 2.45) is 33.7 Å². The summed E-state index contributed by atoms with van der Waals surface area (Å²) in [6.07, 6.45) is 3.45. The number of carboxylic acids is 1. The van der Waals surface area contributed by atoms with Crippen LogP contribution in [0.4, 0.5) is 0 Å². The number of carbonyl (C=O) groups excluding carboxylic acids is 4. The first-order valence-electron chi connectivity index (χ1n) is 12.3. The maximum Gasteiger partial charge on any atom is 0.326 e. The zero-order chi connectivity index (χ0) is 29.1. The summed E-state index contributed by atoms with van der Waals surface area (Å²) in [7, 11) is 0. The Labute approximate surface area is 226 Å². The smallest absolute Gasteiger partial charge is 0.326 e. The quantitative estimate of drug-likeness (QED) is 0.0388. The first kappa shape index (κ1) is 34.9. The lowest BCUT2D eigenvalue weighted by molar-refractivity contribution is -0.142. The van der Waals surface area contributed by atoms with E-state index in [4.69, 9.17) is 28.7 Å². The molecule has 0 aliphatic rings. The molecule has 0 aliphatic carbocycles. The molecule has 0 rings (SSSR count). The van der Waals surface area contributed by atoms with Crippen LogP contribution in [0, 0.1) is 0 Å². The van der Waals surface area contributed by atoms with Gasteiger partial charge >= 0.3 is 5.97 Å². The molecule has 0 spiro atoms. The molecule has 14 N–H and O–H groups in total. The molecule has 4 amide bonds. The highest BCUT2D eigenvalue weighted by molar-refractivity contribution is 7.98. The van der Waals surface area contributed by atoms with Gasteiger partial charge in [-0.05, 0) is 63.5 Å². The largest absolute Gasteiger partial charge is 0.480 e. The summed E-state index contributed by atoms with van der Waals surface area (Å²) in [6.45, 7) is 0.538. The summed E-state index contributed by atoms with van der Waals surface area (Å²) in [6, 6.07) is -4.45. The number of aliphatic imine (C=N–C) groups is 1. The molecular formula is C22H43N9O6S. The molecule has 0 aromatic carbocycles. The van der Waals surface area contributed by atoms with Crippen LogP contribution in [0.2, 0.25) is 0 Å². The van der Waals surface area contributed by atoms with Crippen molar-refractivity contribution >= 4 is 47.3 Å². The van der Waals surface area contributed by atoms with Crippen molar-refractivity contribution in [3.05, 3.63) is 0 Å². The van der Waals surface area contributed by atoms with Gasteiger partial charge in [0.15, 0.2) is 5.96 Å². The molecular weight excluding hydrogens is 518 g/mol. The van der Waals surface area contributed by atoms with E-state index in [0.29, 0.717) is 31.6 Å². The highest BCUT2D eigenvalue weighted by Crippen LogP contribution is 2.07. The highest BCUT2D eigenvalue weighted by atomic mass is 32.2. The number of nitrogens with one attached hydrogen (secondary N) is 3. The third-order valence-corrected chi connectivity index (χ3v) is 6.07. The molecule has 218 valence electrons. The number of carboxylic acid groups (broad SMARTS) is 1. The van der Waals surface area contributed by atoms with Crippen molar-refractivity contribution in [1.29, 1.82) is 0 Å². The topological polar surface area (TPSA) is 284 Å². The predicted molar refractivity (Wildman–Crippen MR) is 146 cm³/mol. The van der Waals surface area contributed by atoms with E-state index in [2.05, 4.69) is 20.9 Å². The number of amides is 4. The summed E-state index contributed by atoms with van der Waals surface area (Å²) in [5, 5.41) is 17.0. The van der Waals surface area contributed by atoms with E-state index < -0.39 is 53.8 Å². The Morgan fingerprint density at radius 2 is 1.37 bits per heavy atom. The number of nitrogens with two attached hydrogens (primary N) is 5. The number of aliphatic carboxylic acids is 1. The van der Waals surface area contributed by atoms with Gasteiger partial charge in [-0.3, -0.25) is 24.2 Å². The van der Waals surface area contributed by atoms with E-state index in [1.54, 1.807) is 0 Å². The zero-order valence-electron chi connectivity index (χ0n) is 21.8. The average Bonchev–Trinajstić information content (AvgIpc) is 2.85. The summed E-state index contributed by atoms with van der Waals surface area (Å²) < 4.78 is 0. The highest BCUT2D eigenvalue weighted by Gasteiger charge is 2.30. The number of hydrogen-bond acceptors (Lipinski definition) is 9. The van der Waals surface area contributed by atoms with Crippen LogP contribution in [0.5, 0.6) is 0 Å². The molecule has 16 heteroatoms. The van der Waals surface area contributed by atoms with E-state index in [0.717, 1.165) is 0 Å². The van der Waals surface area contributed by atoms with Crippen LogP contribution in [-0.4, -0.2) is 89.9 Å². The average molecular weight is 562 g/mol. The van der Waals surface area contributed by atoms with Crippen molar-refractivity contribution in [1.82, 2.24) is 16.0 Å². The monoisotopic (exact) mass is 561 g/mol. The Balaban J connectivity index is 5.64. The summed E-state index contributed by atoms with van der Waals surface area (Å²) in [4.78, 5) is 65.5. The molecule has 0 heterocycles. The molecule has 0 radical (unpaired) electrons. The molecule has 0 bridgehead atoms. The van der Waals surface area contributed by atoms with E-state index in [1.807, 2.05) is 6.26 Å². The van der Waals surface area contributed by atoms with Crippen molar-refractivity contribution in [3.63, 3.8) is 0 Å². The number of carbonyl (C=O) groups is 5. The number of nitrogens with zero attached hydrogens (tertiary/aromatic N) is 1. The number of primary amides is 1. The van der Waals surface area contributed by atoms with E-state index in [-0.39, 0.29) is 44.6 Å². The van der Waals surface area contributed by atoms with Crippen molar-refractivity contribution in [3.8, 4) is 0 Å². The third kappa shape index (κ3) is 15.9. The molecule has 0 saturated carbocycles. The lowest BCUT2D eigenvalue weighted by Gasteiger charge is -2.25. The van der Waals surface area contributed by atoms with Crippen LogP contribution in [0.15, 0.2) is 4.99 Å². The van der Waals surface area contributed by atoms with Gasteiger partial charge in [0, 0.05) is 13.0 Å². The number of rotatable bonds is 21. The van der Waals surface area contributed by atoms with Gasteiger partial charge in [0.25, 0.3) is 0 Å². The minimum absolute atomic E-state index is 0.0627. The Bertz CT molecular complexity index is 810. The fourth-order valence-electron chi connectivity index (χ4n) is 3.28. The Morgan fingerprint density at radius 1 is 0.816 bits per heavy atom. The fraction of sp³-hybridized carbons (Fsp3) is 0.727. The zero-order valence-corrected chi connectivity index (χ0v) is 22.6. The van der Waals surface area contributed by atoms with E-state index in [1.165, 1.54) is 11.8 Å². The van der Waals surface area contributed by atoms with Gasteiger partial charge in [-0.15, -0.1) is 0 Å². The van der Waals surface area contributed by atoms with Crippen molar-refractivity contribution in [2.75, 3.05) is 25.1 Å². The summed E-state index contributed by atoms with van der Waals surface area (Å²) >= 11 is 1.50. The first-order valence-corrected chi connectivity index (χ1v) is 13.7. The van der Waals surface area contributed by atoms with Crippen molar-refractivity contribution in [2.45, 2.75) is 75.5 Å². The molecule has 0 aromatic heterocycles. The number of guanidine groups is 1. The van der Waals surface area contributed by atoms with Gasteiger partial charge in [0.1, 0.15) is 18.1 Å². The Morgan fingerprint density at radius 3 is 1.89 bits per heavy atom. The second-order valence-corrected chi connectivity index (χ2v) is 9.63. The summed E-state index contributed by atoms with van der Waals surface area (Å²) in [5.41, 5.74) is 27.2. The molecule has 0 aromatic rings. The van der Waals surface area contributed by atoms with Crippen molar-refractivity contribution < 1.29 is 29.1 Å². The van der Waals surface area contributed by atoms with Gasteiger partial charge < -0.3 is 49.7 Å². The number of thioether (sulfide) groups is 1. The van der Waals surface area contributed by atoms with Gasteiger partial charge in [0.2, 0.25) is 23.6 Å². The van der Waals surface area contributed by atoms with Crippen LogP contribution >= 0.6 is 11.8 Å². The normalized spacial score (nSPS) is 13.9. The molecule has 15 nitrogen and oxygen atoms in total. The second-order valence-electron chi connectivity index (χ2n) is 8.65. The minimum atomic E-state index is -1.23. The van der Waals surface area contributed by atoms with E-state index >= 15 is 0 Å². The minimum Gasteiger partial charge on any atom is -0.480 e. The van der Waals surface area contributed by atoms with Crippen LogP contribution in [-0.2, 0) is 24.0 Å². The molecule has 0 saturated heterocycles. The van der Waals surface area contributed by atoms with Crippen LogP contribution in [0.3, 0.4) is 0 Å². The fourth-order valence-corrected chi connectivity index (χ4v) is 3.77. The van der Waals surface area contributed by atoms with Gasteiger partial charge in [-0.1, -0.05) is 0 Å². The Kier molecular flexibility index (Phi) is 18.3. The van der Waals surface area contributed by atoms with Gasteiger partial charge in [0.05, 0.1) is 6.04 Å². The third-order valence-electron chi connectivity index (χ3n) is 5.42. The maximum absolute atomic E-state index is 13.1. The van der Waals surface area contributed by atoms with E-state index in [9.17, 15) is 29.1 Å². The van der Waals surface area contributed by atoms with Crippen LogP contribution in [0.1, 0.15) is 51.4 Å². The Hall–Kier alpha value is -3.11. The second kappa shape index (κ2) is 19.9. The molecule has 4 atom stereocenters. The standard InChI is InChI=1S/C22H43N9O6S/c1-38-12-9-13(24)18(33)29-15(7-8-17(25)32)20(35)30-14(6-4-11-28-22(26)27)19(34)31-16(21(36)37)5-2-3-10-23/h13-16H,2-12,23-24H2,1H3,(H2,25,32)(H,29,33)(H,30,35)(H,31,34)(H,36,37)(H4,26,27,28). The molecule has 0 fully saturated rings. The van der Waals surface area contributed by atoms with Gasteiger partial charge in [-0.25, -0.2) is 4.79 Å². The van der Waals surface area contributed by atoms with Crippen LogP contribution < -0.4 is 44.6 Å². The molecule has 4 unspecified atom stereocenters. The van der Waals surface area contributed by atoms with Crippen LogP contribution in [0.25, 0.3) is 0 Å². The first-order chi connectivity index (χ1) is 17.9. The summed E-state index contributed by atoms with van der Waals surface area (Å²) in [5.74, 6) is -3.52. The molecule has 0 aliphatic heterocycles. The SMILES string of the molecule is CSCCC(N)C(=O)NC(CCC(N)=O)C(=O)NC(CCCN=C(N)N)C(=O)NC(CCCCN)C(=O)O. The number of unbranched alkanes of at least 4 members (excludes halogenated alkanes) is 1. The predicted octanol–water partition coefficient (Wildman–Crippen LogP) is -2.95. The van der Waals surface area contributed by atoms with Gasteiger partial charge in [-0.2, -0.15) is 11.8 Å². The lowest BCUT2D eigenvalue weighted by Crippen LogP contribution is -2.57.